The van der Waals surface area contributed by atoms with Gasteiger partial charge in [-0.05, 0) is 6.42 Å². The fourth-order valence-electron chi connectivity index (χ4n) is 1.23. The van der Waals surface area contributed by atoms with Crippen LogP contribution in [0.4, 0.5) is 0 Å². The standard InChI is InChI=1S/C8H14N2O2/c1-4-5(2)6-7(11)9-8(12)10(6)3/h5,11H,4H2,1-3H3,(H,9,12). The summed E-state index contributed by atoms with van der Waals surface area (Å²) in [7, 11) is 1.68. The van der Waals surface area contributed by atoms with Gasteiger partial charge in [-0.15, -0.1) is 0 Å². The highest BCUT2D eigenvalue weighted by molar-refractivity contribution is 5.26. The summed E-state index contributed by atoms with van der Waals surface area (Å²) in [4.78, 5) is 3.55. The number of aromatic hydroxyl groups is 2. The molecule has 68 valence electrons. The molecule has 2 N–H and O–H groups in total. The van der Waals surface area contributed by atoms with Crippen molar-refractivity contribution in [3.63, 3.8) is 0 Å². The van der Waals surface area contributed by atoms with Gasteiger partial charge < -0.3 is 10.2 Å². The van der Waals surface area contributed by atoms with Crippen LogP contribution in [0.3, 0.4) is 0 Å². The second-order valence-corrected chi connectivity index (χ2v) is 2.99. The molecule has 1 rings (SSSR count). The molecule has 0 aliphatic heterocycles. The summed E-state index contributed by atoms with van der Waals surface area (Å²) in [6.07, 6.45) is 0.909. The number of hydrogen-bond donors (Lipinski definition) is 2. The van der Waals surface area contributed by atoms with Crippen molar-refractivity contribution in [3.05, 3.63) is 5.69 Å². The first-order valence-electron chi connectivity index (χ1n) is 4.02. The van der Waals surface area contributed by atoms with Crippen LogP contribution in [-0.2, 0) is 7.05 Å². The van der Waals surface area contributed by atoms with Crippen LogP contribution in [-0.4, -0.2) is 19.8 Å². The van der Waals surface area contributed by atoms with E-state index in [1.807, 2.05) is 13.8 Å². The Balaban J connectivity index is 3.13. The van der Waals surface area contributed by atoms with Crippen molar-refractivity contribution < 1.29 is 10.2 Å². The van der Waals surface area contributed by atoms with E-state index in [9.17, 15) is 5.11 Å². The van der Waals surface area contributed by atoms with Crippen molar-refractivity contribution in [3.8, 4) is 11.9 Å². The predicted molar refractivity (Wildman–Crippen MR) is 45.2 cm³/mol. The van der Waals surface area contributed by atoms with E-state index in [1.165, 1.54) is 4.57 Å². The quantitative estimate of drug-likeness (QED) is 0.704. The lowest BCUT2D eigenvalue weighted by Crippen LogP contribution is -2.00. The summed E-state index contributed by atoms with van der Waals surface area (Å²) in [6, 6.07) is -0.136. The van der Waals surface area contributed by atoms with Crippen LogP contribution in [0.15, 0.2) is 0 Å². The Hall–Kier alpha value is -1.19. The van der Waals surface area contributed by atoms with Gasteiger partial charge in [0, 0.05) is 13.0 Å². The average Bonchev–Trinajstić information content (AvgIpc) is 2.26. The van der Waals surface area contributed by atoms with E-state index in [-0.39, 0.29) is 17.8 Å². The van der Waals surface area contributed by atoms with Crippen LogP contribution in [0.25, 0.3) is 0 Å². The fraction of sp³-hybridized carbons (Fsp3) is 0.625. The third-order valence-corrected chi connectivity index (χ3v) is 2.18. The van der Waals surface area contributed by atoms with E-state index in [1.54, 1.807) is 7.05 Å². The molecular weight excluding hydrogens is 156 g/mol. The van der Waals surface area contributed by atoms with Gasteiger partial charge in [-0.2, -0.15) is 4.98 Å². The van der Waals surface area contributed by atoms with E-state index in [0.29, 0.717) is 5.69 Å². The highest BCUT2D eigenvalue weighted by atomic mass is 16.3. The molecule has 1 atom stereocenters. The van der Waals surface area contributed by atoms with Crippen molar-refractivity contribution in [2.24, 2.45) is 7.05 Å². The van der Waals surface area contributed by atoms with Crippen LogP contribution < -0.4 is 0 Å². The van der Waals surface area contributed by atoms with Gasteiger partial charge >= 0.3 is 0 Å². The molecule has 0 spiro atoms. The average molecular weight is 170 g/mol. The summed E-state index contributed by atoms with van der Waals surface area (Å²) in [6.45, 7) is 4.00. The maximum atomic E-state index is 9.32. The summed E-state index contributed by atoms with van der Waals surface area (Å²) in [5.41, 5.74) is 0.690. The number of hydrogen-bond acceptors (Lipinski definition) is 3. The van der Waals surface area contributed by atoms with Gasteiger partial charge in [0.15, 0.2) is 0 Å². The van der Waals surface area contributed by atoms with Crippen LogP contribution >= 0.6 is 0 Å². The van der Waals surface area contributed by atoms with Gasteiger partial charge in [-0.25, -0.2) is 0 Å². The molecule has 4 heteroatoms. The molecule has 0 fully saturated rings. The Morgan fingerprint density at radius 1 is 1.50 bits per heavy atom. The third kappa shape index (κ3) is 1.24. The largest absolute Gasteiger partial charge is 0.492 e. The molecule has 0 aliphatic rings. The molecule has 0 aliphatic carbocycles. The first kappa shape index (κ1) is 8.90. The first-order chi connectivity index (χ1) is 5.57. The van der Waals surface area contributed by atoms with Crippen molar-refractivity contribution in [1.29, 1.82) is 0 Å². The van der Waals surface area contributed by atoms with Crippen LogP contribution in [0.5, 0.6) is 11.9 Å². The Morgan fingerprint density at radius 3 is 2.42 bits per heavy atom. The molecule has 1 aromatic rings. The van der Waals surface area contributed by atoms with Gasteiger partial charge in [0.2, 0.25) is 5.88 Å². The molecule has 0 aromatic carbocycles. The number of imidazole rings is 1. The lowest BCUT2D eigenvalue weighted by atomic mass is 10.1. The lowest BCUT2D eigenvalue weighted by molar-refractivity contribution is 0.402. The van der Waals surface area contributed by atoms with E-state index in [4.69, 9.17) is 5.11 Å². The fourth-order valence-corrected chi connectivity index (χ4v) is 1.23. The Kier molecular flexibility index (Phi) is 2.26. The number of aromatic nitrogens is 2. The molecular formula is C8H14N2O2. The third-order valence-electron chi connectivity index (χ3n) is 2.18. The SMILES string of the molecule is CCC(C)c1c(O)nc(O)n1C. The van der Waals surface area contributed by atoms with Crippen molar-refractivity contribution >= 4 is 0 Å². The second-order valence-electron chi connectivity index (χ2n) is 2.99. The van der Waals surface area contributed by atoms with Crippen molar-refractivity contribution in [2.45, 2.75) is 26.2 Å². The van der Waals surface area contributed by atoms with Gasteiger partial charge in [0.1, 0.15) is 0 Å². The molecule has 0 radical (unpaired) electrons. The maximum Gasteiger partial charge on any atom is 0.297 e. The van der Waals surface area contributed by atoms with Crippen molar-refractivity contribution in [2.75, 3.05) is 0 Å². The van der Waals surface area contributed by atoms with Crippen LogP contribution in [0.2, 0.25) is 0 Å². The van der Waals surface area contributed by atoms with Gasteiger partial charge in [0.05, 0.1) is 5.69 Å². The predicted octanol–water partition coefficient (Wildman–Crippen LogP) is 1.34. The number of nitrogens with zero attached hydrogens (tertiary/aromatic N) is 2. The minimum absolute atomic E-state index is 0.0654. The van der Waals surface area contributed by atoms with Gasteiger partial charge in [-0.1, -0.05) is 13.8 Å². The topological polar surface area (TPSA) is 58.3 Å². The highest BCUT2D eigenvalue weighted by Gasteiger charge is 2.17. The summed E-state index contributed by atoms with van der Waals surface area (Å²) in [5.74, 6) is 0.146. The minimum Gasteiger partial charge on any atom is -0.492 e. The van der Waals surface area contributed by atoms with E-state index in [2.05, 4.69) is 4.98 Å². The maximum absolute atomic E-state index is 9.32. The second kappa shape index (κ2) is 3.05. The molecule has 0 saturated heterocycles. The van der Waals surface area contributed by atoms with Gasteiger partial charge in [0.25, 0.3) is 6.01 Å². The Bertz CT molecular complexity index is 281. The monoisotopic (exact) mass is 170 g/mol. The van der Waals surface area contributed by atoms with Gasteiger partial charge in [-0.3, -0.25) is 4.57 Å². The smallest absolute Gasteiger partial charge is 0.297 e. The van der Waals surface area contributed by atoms with Crippen molar-refractivity contribution in [1.82, 2.24) is 9.55 Å². The summed E-state index contributed by atoms with van der Waals surface area (Å²) in [5, 5.41) is 18.5. The molecule has 0 saturated carbocycles. The minimum atomic E-state index is -0.136. The zero-order valence-corrected chi connectivity index (χ0v) is 7.57. The zero-order valence-electron chi connectivity index (χ0n) is 7.57. The Labute approximate surface area is 71.5 Å². The zero-order chi connectivity index (χ0) is 9.30. The lowest BCUT2D eigenvalue weighted by Gasteiger charge is -2.08. The Morgan fingerprint density at radius 2 is 2.08 bits per heavy atom. The summed E-state index contributed by atoms with van der Waals surface area (Å²) < 4.78 is 1.50. The summed E-state index contributed by atoms with van der Waals surface area (Å²) >= 11 is 0. The van der Waals surface area contributed by atoms with E-state index >= 15 is 0 Å². The van der Waals surface area contributed by atoms with E-state index < -0.39 is 0 Å². The highest BCUT2D eigenvalue weighted by Crippen LogP contribution is 2.29. The molecule has 0 amide bonds. The molecule has 4 nitrogen and oxygen atoms in total. The molecule has 0 bridgehead atoms. The van der Waals surface area contributed by atoms with Crippen LogP contribution in [0.1, 0.15) is 31.9 Å². The number of rotatable bonds is 2. The molecule has 1 heterocycles. The molecule has 1 unspecified atom stereocenters. The molecule has 12 heavy (non-hydrogen) atoms. The van der Waals surface area contributed by atoms with Crippen LogP contribution in [0, 0.1) is 0 Å². The molecule has 1 aromatic heterocycles. The first-order valence-corrected chi connectivity index (χ1v) is 4.02. The normalized spacial score (nSPS) is 13.2. The van der Waals surface area contributed by atoms with E-state index in [0.717, 1.165) is 6.42 Å².